The van der Waals surface area contributed by atoms with Crippen LogP contribution in [-0.2, 0) is 4.74 Å². The molecule has 0 spiro atoms. The summed E-state index contributed by atoms with van der Waals surface area (Å²) >= 11 is 0. The fourth-order valence-corrected chi connectivity index (χ4v) is 5.12. The maximum atomic E-state index is 15.0. The Morgan fingerprint density at radius 3 is 2.45 bits per heavy atom. The van der Waals surface area contributed by atoms with Crippen LogP contribution in [0.2, 0.25) is 0 Å². The van der Waals surface area contributed by atoms with Gasteiger partial charge < -0.3 is 20.5 Å². The molecule has 3 heterocycles. The van der Waals surface area contributed by atoms with Crippen molar-refractivity contribution < 1.29 is 13.9 Å². The standard InChI is InChI=1S/C25H36FN5O2/c1-24(2)13-17(14-25(3,4)31(24)5)29-22-19(15-28-23(27)30-22)16-6-7-21(20(26)12-16)33-18-8-10-32-11-9-18/h6-7,12,15,17-18H,8-11,13-14H2,1-5H3,(H3,27,28,29,30). The SMILES string of the molecule is CN1C(C)(C)CC(Nc2nc(N)ncc2-c2ccc(OC3CCOCC3)c(F)c2)CC1(C)C. The Morgan fingerprint density at radius 1 is 1.15 bits per heavy atom. The third kappa shape index (κ3) is 5.22. The van der Waals surface area contributed by atoms with Gasteiger partial charge in [0.25, 0.3) is 0 Å². The van der Waals surface area contributed by atoms with Crippen molar-refractivity contribution in [3.8, 4) is 16.9 Å². The first kappa shape index (κ1) is 23.7. The lowest BCUT2D eigenvalue weighted by molar-refractivity contribution is -0.00772. The number of hydrogen-bond donors (Lipinski definition) is 2. The number of anilines is 2. The van der Waals surface area contributed by atoms with E-state index in [-0.39, 0.29) is 34.9 Å². The molecule has 0 aliphatic carbocycles. The molecule has 7 nitrogen and oxygen atoms in total. The summed E-state index contributed by atoms with van der Waals surface area (Å²) in [5.74, 6) is 0.674. The summed E-state index contributed by atoms with van der Waals surface area (Å²) in [4.78, 5) is 11.1. The predicted molar refractivity (Wildman–Crippen MR) is 129 cm³/mol. The summed E-state index contributed by atoms with van der Waals surface area (Å²) < 4.78 is 26.2. The van der Waals surface area contributed by atoms with E-state index >= 15 is 0 Å². The van der Waals surface area contributed by atoms with Crippen molar-refractivity contribution in [3.05, 3.63) is 30.2 Å². The number of aromatic nitrogens is 2. The summed E-state index contributed by atoms with van der Waals surface area (Å²) in [6.07, 6.45) is 5.07. The van der Waals surface area contributed by atoms with Gasteiger partial charge in [-0.2, -0.15) is 4.98 Å². The maximum Gasteiger partial charge on any atom is 0.221 e. The summed E-state index contributed by atoms with van der Waals surface area (Å²) in [5, 5.41) is 3.59. The minimum atomic E-state index is -0.400. The quantitative estimate of drug-likeness (QED) is 0.684. The molecule has 0 amide bonds. The molecule has 2 aliphatic rings. The van der Waals surface area contributed by atoms with E-state index in [2.05, 4.69) is 54.9 Å². The monoisotopic (exact) mass is 457 g/mol. The number of halogens is 1. The number of nitrogens with two attached hydrogens (primary N) is 1. The fourth-order valence-electron chi connectivity index (χ4n) is 5.12. The summed E-state index contributed by atoms with van der Waals surface area (Å²) in [6.45, 7) is 10.3. The minimum Gasteiger partial charge on any atom is -0.487 e. The zero-order valence-electron chi connectivity index (χ0n) is 20.3. The number of ether oxygens (including phenoxy) is 2. The van der Waals surface area contributed by atoms with Crippen LogP contribution in [0.15, 0.2) is 24.4 Å². The van der Waals surface area contributed by atoms with Crippen molar-refractivity contribution in [2.45, 2.75) is 76.6 Å². The van der Waals surface area contributed by atoms with Crippen LogP contribution in [0, 0.1) is 5.82 Å². The van der Waals surface area contributed by atoms with E-state index in [4.69, 9.17) is 15.2 Å². The van der Waals surface area contributed by atoms with E-state index in [0.717, 1.165) is 31.2 Å². The molecule has 180 valence electrons. The lowest BCUT2D eigenvalue weighted by Crippen LogP contribution is -2.61. The number of nitrogen functional groups attached to an aromatic ring is 1. The van der Waals surface area contributed by atoms with Gasteiger partial charge in [0.05, 0.1) is 13.2 Å². The number of nitrogens with zero attached hydrogens (tertiary/aromatic N) is 3. The molecule has 0 atom stereocenters. The first-order chi connectivity index (χ1) is 15.5. The second-order valence-electron chi connectivity index (χ2n) is 10.5. The average molecular weight is 458 g/mol. The molecule has 0 saturated carbocycles. The van der Waals surface area contributed by atoms with Gasteiger partial charge in [0.1, 0.15) is 11.9 Å². The number of nitrogens with one attached hydrogen (secondary N) is 1. The Kier molecular flexibility index (Phi) is 6.51. The van der Waals surface area contributed by atoms with Crippen molar-refractivity contribution in [1.29, 1.82) is 0 Å². The molecule has 2 saturated heterocycles. The Morgan fingerprint density at radius 2 is 1.82 bits per heavy atom. The van der Waals surface area contributed by atoms with Crippen LogP contribution in [0.25, 0.3) is 11.1 Å². The zero-order valence-corrected chi connectivity index (χ0v) is 20.3. The van der Waals surface area contributed by atoms with E-state index in [1.807, 2.05) is 6.07 Å². The second-order valence-corrected chi connectivity index (χ2v) is 10.5. The van der Waals surface area contributed by atoms with Crippen LogP contribution < -0.4 is 15.8 Å². The third-order valence-electron chi connectivity index (χ3n) is 7.16. The van der Waals surface area contributed by atoms with E-state index in [1.54, 1.807) is 12.3 Å². The highest BCUT2D eigenvalue weighted by atomic mass is 19.1. The molecule has 0 radical (unpaired) electrons. The summed E-state index contributed by atoms with van der Waals surface area (Å²) in [6, 6.07) is 5.21. The molecule has 2 aliphatic heterocycles. The molecule has 8 heteroatoms. The number of benzene rings is 1. The van der Waals surface area contributed by atoms with Gasteiger partial charge in [-0.25, -0.2) is 9.37 Å². The normalized spacial score (nSPS) is 21.6. The molecule has 3 N–H and O–H groups in total. The van der Waals surface area contributed by atoms with Crippen molar-refractivity contribution in [3.63, 3.8) is 0 Å². The van der Waals surface area contributed by atoms with Crippen LogP contribution >= 0.6 is 0 Å². The third-order valence-corrected chi connectivity index (χ3v) is 7.16. The molecular weight excluding hydrogens is 421 g/mol. The topological polar surface area (TPSA) is 85.5 Å². The van der Waals surface area contributed by atoms with Crippen molar-refractivity contribution in [1.82, 2.24) is 14.9 Å². The Bertz CT molecular complexity index is 973. The van der Waals surface area contributed by atoms with Gasteiger partial charge in [0.15, 0.2) is 11.6 Å². The zero-order chi connectivity index (χ0) is 23.8. The van der Waals surface area contributed by atoms with E-state index in [1.165, 1.54) is 6.07 Å². The lowest BCUT2D eigenvalue weighted by Gasteiger charge is -2.53. The summed E-state index contributed by atoms with van der Waals surface area (Å²) in [5.41, 5.74) is 7.36. The van der Waals surface area contributed by atoms with Gasteiger partial charge in [-0.05, 0) is 65.3 Å². The lowest BCUT2D eigenvalue weighted by atomic mass is 9.77. The Labute approximate surface area is 195 Å². The molecular formula is C25H36FN5O2. The highest BCUT2D eigenvalue weighted by Gasteiger charge is 2.43. The number of likely N-dealkylation sites (tertiary alicyclic amines) is 1. The molecule has 0 unspecified atom stereocenters. The number of piperidine rings is 1. The van der Waals surface area contributed by atoms with E-state index in [9.17, 15) is 4.39 Å². The summed E-state index contributed by atoms with van der Waals surface area (Å²) in [7, 11) is 2.18. The van der Waals surface area contributed by atoms with Crippen molar-refractivity contribution in [2.75, 3.05) is 31.3 Å². The van der Waals surface area contributed by atoms with Gasteiger partial charge in [-0.15, -0.1) is 0 Å². The molecule has 33 heavy (non-hydrogen) atoms. The Hall–Kier alpha value is -2.45. The van der Waals surface area contributed by atoms with Crippen LogP contribution in [0.1, 0.15) is 53.4 Å². The largest absolute Gasteiger partial charge is 0.487 e. The van der Waals surface area contributed by atoms with Gasteiger partial charge >= 0.3 is 0 Å². The molecule has 2 aromatic rings. The minimum absolute atomic E-state index is 0.0210. The molecule has 4 rings (SSSR count). The van der Waals surface area contributed by atoms with Gasteiger partial charge in [-0.1, -0.05) is 6.07 Å². The molecule has 1 aromatic heterocycles. The van der Waals surface area contributed by atoms with Crippen LogP contribution in [0.4, 0.5) is 16.2 Å². The van der Waals surface area contributed by atoms with Gasteiger partial charge in [0.2, 0.25) is 5.95 Å². The van der Waals surface area contributed by atoms with Crippen LogP contribution in [-0.4, -0.2) is 58.4 Å². The highest BCUT2D eigenvalue weighted by molar-refractivity contribution is 5.75. The molecule has 2 fully saturated rings. The average Bonchev–Trinajstić information content (AvgIpc) is 2.74. The first-order valence-electron chi connectivity index (χ1n) is 11.7. The number of rotatable bonds is 5. The molecule has 1 aromatic carbocycles. The van der Waals surface area contributed by atoms with Crippen molar-refractivity contribution >= 4 is 11.8 Å². The number of hydrogen-bond acceptors (Lipinski definition) is 7. The van der Waals surface area contributed by atoms with Crippen LogP contribution in [0.5, 0.6) is 5.75 Å². The van der Waals surface area contributed by atoms with E-state index in [0.29, 0.717) is 24.6 Å². The Balaban J connectivity index is 1.58. The fraction of sp³-hybridized carbons (Fsp3) is 0.600. The first-order valence-corrected chi connectivity index (χ1v) is 11.7. The highest BCUT2D eigenvalue weighted by Crippen LogP contribution is 2.39. The predicted octanol–water partition coefficient (Wildman–Crippen LogP) is 4.49. The molecule has 0 bridgehead atoms. The van der Waals surface area contributed by atoms with Crippen LogP contribution in [0.3, 0.4) is 0 Å². The van der Waals surface area contributed by atoms with E-state index < -0.39 is 5.82 Å². The second kappa shape index (κ2) is 9.06. The van der Waals surface area contributed by atoms with Gasteiger partial charge in [0, 0.05) is 41.7 Å². The van der Waals surface area contributed by atoms with Gasteiger partial charge in [-0.3, -0.25) is 4.90 Å². The van der Waals surface area contributed by atoms with Crippen molar-refractivity contribution in [2.24, 2.45) is 0 Å². The maximum absolute atomic E-state index is 15.0. The smallest absolute Gasteiger partial charge is 0.221 e.